The predicted octanol–water partition coefficient (Wildman–Crippen LogP) is 4.17. The molecule has 18 heavy (non-hydrogen) atoms. The quantitative estimate of drug-likeness (QED) is 0.813. The minimum atomic E-state index is -0.328. The summed E-state index contributed by atoms with van der Waals surface area (Å²) >= 11 is 0. The van der Waals surface area contributed by atoms with Gasteiger partial charge in [-0.25, -0.2) is 4.84 Å². The fourth-order valence-corrected chi connectivity index (χ4v) is 2.70. The van der Waals surface area contributed by atoms with Crippen LogP contribution < -0.4 is 5.23 Å². The van der Waals surface area contributed by atoms with Crippen LogP contribution in [-0.2, 0) is 4.84 Å². The molecule has 3 heteroatoms. The van der Waals surface area contributed by atoms with Crippen molar-refractivity contribution in [3.05, 3.63) is 30.3 Å². The molecule has 1 fully saturated rings. The molecule has 0 bridgehead atoms. The number of rotatable bonds is 4. The molecule has 0 aromatic heterocycles. The van der Waals surface area contributed by atoms with Gasteiger partial charge < -0.3 is 0 Å². The molecule has 0 aliphatic heterocycles. The molecule has 0 spiro atoms. The summed E-state index contributed by atoms with van der Waals surface area (Å²) in [4.78, 5) is 5.75. The molecule has 0 saturated heterocycles. The van der Waals surface area contributed by atoms with Gasteiger partial charge in [0.05, 0.1) is 11.3 Å². The highest BCUT2D eigenvalue weighted by Gasteiger charge is 2.34. The van der Waals surface area contributed by atoms with Crippen LogP contribution in [0.5, 0.6) is 0 Å². The van der Waals surface area contributed by atoms with Crippen LogP contribution in [0.4, 0.5) is 5.69 Å². The lowest BCUT2D eigenvalue weighted by Crippen LogP contribution is -2.41. The topological polar surface area (TPSA) is 32.7 Å². The Morgan fingerprint density at radius 2 is 1.72 bits per heavy atom. The van der Waals surface area contributed by atoms with Gasteiger partial charge in [0, 0.05) is 0 Å². The molecule has 1 aromatic rings. The van der Waals surface area contributed by atoms with E-state index in [4.69, 9.17) is 4.84 Å². The van der Waals surface area contributed by atoms with Gasteiger partial charge in [0.2, 0.25) is 0 Å². The molecule has 0 radical (unpaired) electrons. The molecule has 100 valence electrons. The minimum Gasteiger partial charge on any atom is -0.264 e. The molecular formula is C15H23NO2. The second-order valence-corrected chi connectivity index (χ2v) is 5.64. The van der Waals surface area contributed by atoms with Crippen molar-refractivity contribution in [3.63, 3.8) is 0 Å². The van der Waals surface area contributed by atoms with Gasteiger partial charge >= 0.3 is 0 Å². The summed E-state index contributed by atoms with van der Waals surface area (Å²) in [6, 6.07) is 9.35. The lowest BCUT2D eigenvalue weighted by Gasteiger charge is -2.38. The molecule has 2 rings (SSSR count). The van der Waals surface area contributed by atoms with Crippen molar-refractivity contribution in [3.8, 4) is 0 Å². The van der Waals surface area contributed by atoms with Gasteiger partial charge in [-0.1, -0.05) is 37.5 Å². The lowest BCUT2D eigenvalue weighted by atomic mass is 9.79. The summed E-state index contributed by atoms with van der Waals surface area (Å²) in [6.07, 6.45) is 6.25. The van der Waals surface area contributed by atoms with E-state index in [2.05, 4.69) is 13.8 Å². The lowest BCUT2D eigenvalue weighted by molar-refractivity contribution is -0.156. The number of benzene rings is 1. The molecule has 1 saturated carbocycles. The fourth-order valence-electron chi connectivity index (χ4n) is 2.70. The maximum Gasteiger partial charge on any atom is 0.0961 e. The third-order valence-electron chi connectivity index (χ3n) is 3.89. The molecular weight excluding hydrogens is 226 g/mol. The molecule has 0 heterocycles. The smallest absolute Gasteiger partial charge is 0.0961 e. The molecule has 0 atom stereocenters. The first-order valence-corrected chi connectivity index (χ1v) is 6.83. The standard InChI is InChI=1S/C15H23NO2/c1-15(2,13-9-5-3-6-10-13)18-16(17)14-11-7-4-8-12-14/h4,7-8,11-13,17H,3,5-6,9-10H2,1-2H3. The Morgan fingerprint density at radius 1 is 1.11 bits per heavy atom. The van der Waals surface area contributed by atoms with E-state index in [1.807, 2.05) is 30.3 Å². The van der Waals surface area contributed by atoms with Gasteiger partial charge in [-0.15, -0.1) is 5.23 Å². The van der Waals surface area contributed by atoms with E-state index < -0.39 is 0 Å². The van der Waals surface area contributed by atoms with Crippen LogP contribution in [0.1, 0.15) is 46.0 Å². The summed E-state index contributed by atoms with van der Waals surface area (Å²) in [5.41, 5.74) is 0.340. The van der Waals surface area contributed by atoms with E-state index >= 15 is 0 Å². The van der Waals surface area contributed by atoms with Gasteiger partial charge in [-0.05, 0) is 44.7 Å². The highest BCUT2D eigenvalue weighted by Crippen LogP contribution is 2.35. The van der Waals surface area contributed by atoms with E-state index in [-0.39, 0.29) is 5.60 Å². The van der Waals surface area contributed by atoms with Gasteiger partial charge in [0.15, 0.2) is 0 Å². The van der Waals surface area contributed by atoms with Crippen LogP contribution in [0.3, 0.4) is 0 Å². The molecule has 3 nitrogen and oxygen atoms in total. The van der Waals surface area contributed by atoms with Crippen molar-refractivity contribution in [2.24, 2.45) is 5.92 Å². The number of hydrogen-bond donors (Lipinski definition) is 1. The first-order chi connectivity index (χ1) is 8.59. The van der Waals surface area contributed by atoms with Crippen molar-refractivity contribution in [1.29, 1.82) is 0 Å². The Hall–Kier alpha value is -1.06. The first kappa shape index (κ1) is 13.4. The maximum atomic E-state index is 10.00. The van der Waals surface area contributed by atoms with Crippen molar-refractivity contribution in [2.45, 2.75) is 51.6 Å². The van der Waals surface area contributed by atoms with Crippen LogP contribution in [0.2, 0.25) is 0 Å². The Bertz CT molecular complexity index is 358. The Labute approximate surface area is 109 Å². The summed E-state index contributed by atoms with van der Waals surface area (Å²) in [5, 5.41) is 10.9. The average Bonchev–Trinajstić information content (AvgIpc) is 2.40. The number of hydrogen-bond acceptors (Lipinski definition) is 3. The van der Waals surface area contributed by atoms with Crippen molar-refractivity contribution in [2.75, 3.05) is 5.23 Å². The number of anilines is 1. The zero-order valence-corrected chi connectivity index (χ0v) is 11.3. The highest BCUT2D eigenvalue weighted by molar-refractivity contribution is 5.40. The summed E-state index contributed by atoms with van der Waals surface area (Å²) in [7, 11) is 0. The molecule has 0 amide bonds. The Morgan fingerprint density at radius 3 is 2.33 bits per heavy atom. The van der Waals surface area contributed by atoms with Crippen LogP contribution in [0.15, 0.2) is 30.3 Å². The van der Waals surface area contributed by atoms with E-state index in [0.29, 0.717) is 11.6 Å². The van der Waals surface area contributed by atoms with Crippen molar-refractivity contribution in [1.82, 2.24) is 0 Å². The largest absolute Gasteiger partial charge is 0.264 e. The highest BCUT2D eigenvalue weighted by atomic mass is 16.9. The third kappa shape index (κ3) is 3.24. The van der Waals surface area contributed by atoms with Gasteiger partial charge in [0.1, 0.15) is 0 Å². The Kier molecular flexibility index (Phi) is 4.25. The van der Waals surface area contributed by atoms with Gasteiger partial charge in [-0.3, -0.25) is 5.21 Å². The fraction of sp³-hybridized carbons (Fsp3) is 0.600. The molecule has 1 aliphatic carbocycles. The van der Waals surface area contributed by atoms with E-state index in [9.17, 15) is 5.21 Å². The van der Waals surface area contributed by atoms with Crippen LogP contribution >= 0.6 is 0 Å². The molecule has 1 aliphatic rings. The zero-order chi connectivity index (χ0) is 13.0. The predicted molar refractivity (Wildman–Crippen MR) is 72.4 cm³/mol. The van der Waals surface area contributed by atoms with Crippen LogP contribution in [0.25, 0.3) is 0 Å². The molecule has 1 N–H and O–H groups in total. The van der Waals surface area contributed by atoms with Crippen LogP contribution in [-0.4, -0.2) is 10.8 Å². The summed E-state index contributed by atoms with van der Waals surface area (Å²) < 4.78 is 0. The number of para-hydroxylation sites is 1. The van der Waals surface area contributed by atoms with E-state index in [0.717, 1.165) is 5.23 Å². The normalized spacial score (nSPS) is 17.7. The SMILES string of the molecule is CC(C)(ON(O)c1ccccc1)C1CCCCC1. The first-order valence-electron chi connectivity index (χ1n) is 6.83. The van der Waals surface area contributed by atoms with E-state index in [1.54, 1.807) is 0 Å². The monoisotopic (exact) mass is 249 g/mol. The number of nitrogens with zero attached hydrogens (tertiary/aromatic N) is 1. The third-order valence-corrected chi connectivity index (χ3v) is 3.89. The second-order valence-electron chi connectivity index (χ2n) is 5.64. The van der Waals surface area contributed by atoms with Crippen LogP contribution in [0, 0.1) is 5.92 Å². The maximum absolute atomic E-state index is 10.00. The Balaban J connectivity index is 1.98. The zero-order valence-electron chi connectivity index (χ0n) is 11.3. The van der Waals surface area contributed by atoms with Crippen molar-refractivity contribution >= 4 is 5.69 Å². The van der Waals surface area contributed by atoms with Gasteiger partial charge in [0.25, 0.3) is 0 Å². The second kappa shape index (κ2) is 5.72. The average molecular weight is 249 g/mol. The minimum absolute atomic E-state index is 0.328. The van der Waals surface area contributed by atoms with E-state index in [1.165, 1.54) is 32.1 Å². The summed E-state index contributed by atoms with van der Waals surface area (Å²) in [6.45, 7) is 4.13. The molecule has 0 unspecified atom stereocenters. The van der Waals surface area contributed by atoms with Gasteiger partial charge in [-0.2, -0.15) is 0 Å². The summed E-state index contributed by atoms with van der Waals surface area (Å²) in [5.74, 6) is 0.518. The van der Waals surface area contributed by atoms with Crippen molar-refractivity contribution < 1.29 is 10.0 Å². The molecule has 1 aromatic carbocycles.